The molecule has 114 valence electrons. The molecule has 6 heteroatoms. The number of nitrogens with one attached hydrogen (secondary N) is 1. The quantitative estimate of drug-likeness (QED) is 0.709. The van der Waals surface area contributed by atoms with Gasteiger partial charge in [0.05, 0.1) is 6.61 Å². The highest BCUT2D eigenvalue weighted by Crippen LogP contribution is 2.17. The number of rotatable bonds is 9. The topological polar surface area (TPSA) is 47.0 Å². The van der Waals surface area contributed by atoms with E-state index in [0.717, 1.165) is 36.5 Å². The van der Waals surface area contributed by atoms with E-state index in [1.165, 1.54) is 0 Å². The van der Waals surface area contributed by atoms with Crippen LogP contribution in [0.5, 0.6) is 0 Å². The van der Waals surface area contributed by atoms with Gasteiger partial charge >= 0.3 is 0 Å². The van der Waals surface area contributed by atoms with Crippen molar-refractivity contribution in [3.8, 4) is 0 Å². The number of ether oxygens (including phenoxy) is 1. The normalized spacial score (nSPS) is 11.1. The van der Waals surface area contributed by atoms with E-state index < -0.39 is 13.0 Å². The van der Waals surface area contributed by atoms with Crippen molar-refractivity contribution in [1.29, 1.82) is 0 Å². The first kappa shape index (κ1) is 16.8. The molecule has 0 atom stereocenters. The molecule has 0 bridgehead atoms. The standard InChI is InChI=1S/C14H23F2N3O/c1-4-7-17-14-11(5-2)10(3)18-13(19-14)6-8-20-9-12(15)16/h12H,4-9H2,1-3H3,(H,17,18,19). The van der Waals surface area contributed by atoms with Crippen LogP contribution in [-0.2, 0) is 17.6 Å². The number of alkyl halides is 2. The zero-order chi connectivity index (χ0) is 15.0. The number of nitrogens with zero attached hydrogens (tertiary/aromatic N) is 2. The summed E-state index contributed by atoms with van der Waals surface area (Å²) in [5.41, 5.74) is 2.04. The van der Waals surface area contributed by atoms with Gasteiger partial charge < -0.3 is 10.1 Å². The van der Waals surface area contributed by atoms with Crippen molar-refractivity contribution in [3.63, 3.8) is 0 Å². The first-order valence-corrected chi connectivity index (χ1v) is 7.04. The van der Waals surface area contributed by atoms with Crippen molar-refractivity contribution < 1.29 is 13.5 Å². The van der Waals surface area contributed by atoms with Gasteiger partial charge in [0.15, 0.2) is 0 Å². The fraction of sp³-hybridized carbons (Fsp3) is 0.714. The number of halogens is 2. The van der Waals surface area contributed by atoms with Crippen LogP contribution in [0.3, 0.4) is 0 Å². The minimum absolute atomic E-state index is 0.211. The summed E-state index contributed by atoms with van der Waals surface area (Å²) >= 11 is 0. The van der Waals surface area contributed by atoms with Crippen molar-refractivity contribution in [2.24, 2.45) is 0 Å². The molecule has 1 aromatic rings. The molecule has 0 aromatic carbocycles. The molecule has 0 spiro atoms. The molecular formula is C14H23F2N3O. The Morgan fingerprint density at radius 2 is 2.00 bits per heavy atom. The van der Waals surface area contributed by atoms with Gasteiger partial charge in [0.2, 0.25) is 0 Å². The highest BCUT2D eigenvalue weighted by atomic mass is 19.3. The maximum Gasteiger partial charge on any atom is 0.261 e. The van der Waals surface area contributed by atoms with Crippen LogP contribution < -0.4 is 5.32 Å². The Kier molecular flexibility index (Phi) is 7.36. The average Bonchev–Trinajstić information content (AvgIpc) is 2.40. The number of aromatic nitrogens is 2. The average molecular weight is 287 g/mol. The van der Waals surface area contributed by atoms with Crippen LogP contribution >= 0.6 is 0 Å². The van der Waals surface area contributed by atoms with E-state index in [1.807, 2.05) is 6.92 Å². The molecular weight excluding hydrogens is 264 g/mol. The number of hydrogen-bond acceptors (Lipinski definition) is 4. The fourth-order valence-corrected chi connectivity index (χ4v) is 1.91. The third kappa shape index (κ3) is 5.36. The third-order valence-corrected chi connectivity index (χ3v) is 2.87. The van der Waals surface area contributed by atoms with E-state index >= 15 is 0 Å². The lowest BCUT2D eigenvalue weighted by atomic mass is 10.1. The summed E-state index contributed by atoms with van der Waals surface area (Å²) in [4.78, 5) is 8.88. The Hall–Kier alpha value is -1.30. The monoisotopic (exact) mass is 287 g/mol. The molecule has 0 saturated heterocycles. The molecule has 0 aliphatic rings. The van der Waals surface area contributed by atoms with Crippen molar-refractivity contribution in [2.75, 3.05) is 25.1 Å². The SMILES string of the molecule is CCCNc1nc(CCOCC(F)F)nc(C)c1CC. The predicted molar refractivity (Wildman–Crippen MR) is 75.5 cm³/mol. The first-order valence-electron chi connectivity index (χ1n) is 7.04. The van der Waals surface area contributed by atoms with E-state index in [1.54, 1.807) is 0 Å². The van der Waals surface area contributed by atoms with Crippen molar-refractivity contribution in [3.05, 3.63) is 17.1 Å². The molecule has 1 heterocycles. The second-order valence-corrected chi connectivity index (χ2v) is 4.55. The van der Waals surface area contributed by atoms with Crippen LogP contribution in [0.25, 0.3) is 0 Å². The maximum absolute atomic E-state index is 12.0. The maximum atomic E-state index is 12.0. The second kappa shape index (κ2) is 8.79. The molecule has 4 nitrogen and oxygen atoms in total. The van der Waals surface area contributed by atoms with Crippen LogP contribution in [0.15, 0.2) is 0 Å². The highest BCUT2D eigenvalue weighted by Gasteiger charge is 2.10. The van der Waals surface area contributed by atoms with Crippen LogP contribution in [0, 0.1) is 6.92 Å². The van der Waals surface area contributed by atoms with Gasteiger partial charge in [-0.2, -0.15) is 0 Å². The lowest BCUT2D eigenvalue weighted by Crippen LogP contribution is -2.13. The molecule has 0 amide bonds. The molecule has 1 N–H and O–H groups in total. The van der Waals surface area contributed by atoms with E-state index in [0.29, 0.717) is 12.2 Å². The molecule has 0 fully saturated rings. The minimum Gasteiger partial charge on any atom is -0.375 e. The van der Waals surface area contributed by atoms with Gasteiger partial charge in [-0.25, -0.2) is 18.7 Å². The van der Waals surface area contributed by atoms with E-state index in [-0.39, 0.29) is 6.61 Å². The molecule has 0 saturated carbocycles. The number of hydrogen-bond donors (Lipinski definition) is 1. The number of aryl methyl sites for hydroxylation is 1. The van der Waals surface area contributed by atoms with Crippen LogP contribution in [0.1, 0.15) is 37.4 Å². The number of anilines is 1. The van der Waals surface area contributed by atoms with Gasteiger partial charge in [0.25, 0.3) is 6.43 Å². The first-order chi connectivity index (χ1) is 9.58. The minimum atomic E-state index is -2.43. The molecule has 20 heavy (non-hydrogen) atoms. The summed E-state index contributed by atoms with van der Waals surface area (Å²) in [7, 11) is 0. The van der Waals surface area contributed by atoms with E-state index in [2.05, 4.69) is 29.1 Å². The molecule has 1 rings (SSSR count). The van der Waals surface area contributed by atoms with Gasteiger partial charge in [-0.1, -0.05) is 13.8 Å². The van der Waals surface area contributed by atoms with Crippen LogP contribution in [0.4, 0.5) is 14.6 Å². The van der Waals surface area contributed by atoms with Gasteiger partial charge in [-0.3, -0.25) is 0 Å². The Balaban J connectivity index is 2.69. The zero-order valence-electron chi connectivity index (χ0n) is 12.4. The molecule has 0 aliphatic carbocycles. The van der Waals surface area contributed by atoms with Gasteiger partial charge in [0, 0.05) is 24.2 Å². The van der Waals surface area contributed by atoms with Crippen LogP contribution in [-0.4, -0.2) is 36.2 Å². The summed E-state index contributed by atoms with van der Waals surface area (Å²) in [6, 6.07) is 0. The fourth-order valence-electron chi connectivity index (χ4n) is 1.91. The van der Waals surface area contributed by atoms with Gasteiger partial charge in [-0.15, -0.1) is 0 Å². The Morgan fingerprint density at radius 1 is 1.25 bits per heavy atom. The molecule has 1 aromatic heterocycles. The largest absolute Gasteiger partial charge is 0.375 e. The molecule has 0 unspecified atom stereocenters. The third-order valence-electron chi connectivity index (χ3n) is 2.87. The lowest BCUT2D eigenvalue weighted by molar-refractivity contribution is 0.0183. The summed E-state index contributed by atoms with van der Waals surface area (Å²) in [6.07, 6.45) is -0.112. The summed E-state index contributed by atoms with van der Waals surface area (Å²) in [5, 5.41) is 3.29. The zero-order valence-corrected chi connectivity index (χ0v) is 12.4. The van der Waals surface area contributed by atoms with Crippen molar-refractivity contribution >= 4 is 5.82 Å². The van der Waals surface area contributed by atoms with E-state index in [9.17, 15) is 8.78 Å². The highest BCUT2D eigenvalue weighted by molar-refractivity contribution is 5.46. The van der Waals surface area contributed by atoms with Crippen molar-refractivity contribution in [1.82, 2.24) is 9.97 Å². The van der Waals surface area contributed by atoms with Crippen LogP contribution in [0.2, 0.25) is 0 Å². The van der Waals surface area contributed by atoms with Gasteiger partial charge in [0.1, 0.15) is 18.2 Å². The Labute approximate surface area is 119 Å². The summed E-state index contributed by atoms with van der Waals surface area (Å²) < 4.78 is 28.8. The Morgan fingerprint density at radius 3 is 2.60 bits per heavy atom. The summed E-state index contributed by atoms with van der Waals surface area (Å²) in [5.74, 6) is 1.48. The van der Waals surface area contributed by atoms with Gasteiger partial charge in [-0.05, 0) is 19.8 Å². The summed E-state index contributed by atoms with van der Waals surface area (Å²) in [6.45, 7) is 6.63. The smallest absolute Gasteiger partial charge is 0.261 e. The Bertz CT molecular complexity index is 414. The molecule has 0 radical (unpaired) electrons. The van der Waals surface area contributed by atoms with Crippen molar-refractivity contribution in [2.45, 2.75) is 46.5 Å². The van der Waals surface area contributed by atoms with E-state index in [4.69, 9.17) is 4.74 Å². The molecule has 0 aliphatic heterocycles. The lowest BCUT2D eigenvalue weighted by Gasteiger charge is -2.13. The predicted octanol–water partition coefficient (Wildman–Crippen LogP) is 2.99. The second-order valence-electron chi connectivity index (χ2n) is 4.55.